The highest BCUT2D eigenvalue weighted by Crippen LogP contribution is 2.33. The van der Waals surface area contributed by atoms with Crippen molar-refractivity contribution in [2.24, 2.45) is 0 Å². The highest BCUT2D eigenvalue weighted by molar-refractivity contribution is 7.99. The Morgan fingerprint density at radius 1 is 1.11 bits per heavy atom. The summed E-state index contributed by atoms with van der Waals surface area (Å²) in [5.41, 5.74) is 2.33. The van der Waals surface area contributed by atoms with Gasteiger partial charge in [-0.05, 0) is 50.7 Å². The van der Waals surface area contributed by atoms with Crippen LogP contribution in [-0.4, -0.2) is 41.1 Å². The summed E-state index contributed by atoms with van der Waals surface area (Å²) >= 11 is 7.92. The number of halogens is 1. The molecule has 0 unspecified atom stereocenters. The molecule has 8 heteroatoms. The van der Waals surface area contributed by atoms with E-state index in [9.17, 15) is 4.79 Å². The summed E-state index contributed by atoms with van der Waals surface area (Å²) in [7, 11) is 1.31. The van der Waals surface area contributed by atoms with Crippen LogP contribution in [0.3, 0.4) is 0 Å². The van der Waals surface area contributed by atoms with Gasteiger partial charge in [-0.2, -0.15) is 0 Å². The number of hydrogen-bond donors (Lipinski definition) is 0. The zero-order valence-corrected chi connectivity index (χ0v) is 17.8. The van der Waals surface area contributed by atoms with Gasteiger partial charge in [0.2, 0.25) is 0 Å². The maximum absolute atomic E-state index is 12.0. The van der Waals surface area contributed by atoms with E-state index in [1.54, 1.807) is 0 Å². The fraction of sp³-hybridized carbons (Fsp3) is 0.300. The number of aromatic nitrogens is 3. The topological polar surface area (TPSA) is 68.2 Å². The lowest BCUT2D eigenvalue weighted by Crippen LogP contribution is -2.24. The van der Waals surface area contributed by atoms with Crippen molar-refractivity contribution in [2.75, 3.05) is 25.1 Å². The van der Waals surface area contributed by atoms with Gasteiger partial charge in [-0.25, -0.2) is 19.7 Å². The van der Waals surface area contributed by atoms with E-state index in [-0.39, 0.29) is 5.69 Å². The van der Waals surface area contributed by atoms with Gasteiger partial charge in [0.25, 0.3) is 0 Å². The Hall–Kier alpha value is -2.38. The molecule has 0 atom stereocenters. The van der Waals surface area contributed by atoms with Crippen molar-refractivity contribution in [3.05, 3.63) is 46.6 Å². The Morgan fingerprint density at radius 3 is 2.39 bits per heavy atom. The summed E-state index contributed by atoms with van der Waals surface area (Å²) in [6.07, 6.45) is 0. The maximum Gasteiger partial charge on any atom is 0.356 e. The van der Waals surface area contributed by atoms with Crippen LogP contribution in [0.1, 0.15) is 29.9 Å². The number of methoxy groups -OCH3 is 1. The summed E-state index contributed by atoms with van der Waals surface area (Å²) in [6.45, 7) is 7.59. The molecule has 0 spiro atoms. The number of benzene rings is 1. The second-order valence-electron chi connectivity index (χ2n) is 6.10. The van der Waals surface area contributed by atoms with Crippen LogP contribution < -0.4 is 4.90 Å². The average molecular weight is 417 g/mol. The number of hydrogen-bond acceptors (Lipinski definition) is 7. The van der Waals surface area contributed by atoms with Crippen LogP contribution in [0.4, 0.5) is 5.82 Å². The highest BCUT2D eigenvalue weighted by atomic mass is 35.5. The zero-order valence-electron chi connectivity index (χ0n) is 16.2. The molecule has 3 rings (SSSR count). The number of ether oxygens (including phenoxy) is 1. The second-order valence-corrected chi connectivity index (χ2v) is 7.54. The molecule has 2 aromatic heterocycles. The molecule has 0 aliphatic carbocycles. The van der Waals surface area contributed by atoms with Gasteiger partial charge in [-0.1, -0.05) is 29.3 Å². The number of anilines is 1. The summed E-state index contributed by atoms with van der Waals surface area (Å²) in [5.74, 6) is 0.102. The standard InChI is InChI=1S/C20H21ClN4O2S/c1-5-25(6-2)18-17-16(14(21)11-15(22-17)19(26)27-4)23-20(24-18)28-13-9-7-12(3)8-10-13/h7-11H,5-6H2,1-4H3. The lowest BCUT2D eigenvalue weighted by atomic mass is 10.2. The molecule has 1 aromatic carbocycles. The summed E-state index contributed by atoms with van der Waals surface area (Å²) in [4.78, 5) is 28.8. The van der Waals surface area contributed by atoms with Crippen molar-refractivity contribution >= 4 is 46.2 Å². The number of carbonyl (C=O) groups excluding carboxylic acids is 1. The van der Waals surface area contributed by atoms with Crippen molar-refractivity contribution in [3.63, 3.8) is 0 Å². The van der Waals surface area contributed by atoms with E-state index < -0.39 is 5.97 Å². The van der Waals surface area contributed by atoms with Gasteiger partial charge < -0.3 is 9.64 Å². The Labute approximate surface area is 173 Å². The van der Waals surface area contributed by atoms with Crippen LogP contribution in [0, 0.1) is 6.92 Å². The summed E-state index contributed by atoms with van der Waals surface area (Å²) < 4.78 is 4.79. The molecule has 0 saturated carbocycles. The smallest absolute Gasteiger partial charge is 0.356 e. The fourth-order valence-electron chi connectivity index (χ4n) is 2.74. The third-order valence-electron chi connectivity index (χ3n) is 4.25. The summed E-state index contributed by atoms with van der Waals surface area (Å²) in [6, 6.07) is 9.64. The Morgan fingerprint density at radius 2 is 1.79 bits per heavy atom. The minimum atomic E-state index is -0.549. The van der Waals surface area contributed by atoms with Crippen molar-refractivity contribution < 1.29 is 9.53 Å². The van der Waals surface area contributed by atoms with Crippen LogP contribution in [0.5, 0.6) is 0 Å². The first-order chi connectivity index (χ1) is 13.5. The molecule has 6 nitrogen and oxygen atoms in total. The molecular formula is C20H21ClN4O2S. The van der Waals surface area contributed by atoms with E-state index in [0.717, 1.165) is 18.0 Å². The van der Waals surface area contributed by atoms with E-state index in [0.29, 0.717) is 27.0 Å². The molecule has 28 heavy (non-hydrogen) atoms. The molecule has 0 fully saturated rings. The van der Waals surface area contributed by atoms with Gasteiger partial charge in [0.05, 0.1) is 12.1 Å². The number of fused-ring (bicyclic) bond motifs is 1. The van der Waals surface area contributed by atoms with Crippen LogP contribution in [0.2, 0.25) is 5.02 Å². The quantitative estimate of drug-likeness (QED) is 0.423. The fourth-order valence-corrected chi connectivity index (χ4v) is 3.73. The largest absolute Gasteiger partial charge is 0.464 e. The first-order valence-electron chi connectivity index (χ1n) is 8.92. The molecule has 0 saturated heterocycles. The van der Waals surface area contributed by atoms with Crippen LogP contribution in [0.25, 0.3) is 11.0 Å². The minimum absolute atomic E-state index is 0.135. The number of aryl methyl sites for hydroxylation is 1. The molecule has 2 heterocycles. The highest BCUT2D eigenvalue weighted by Gasteiger charge is 2.20. The maximum atomic E-state index is 12.0. The summed E-state index contributed by atoms with van der Waals surface area (Å²) in [5, 5.41) is 0.916. The molecule has 0 amide bonds. The Kier molecular flexibility index (Phi) is 6.36. The molecule has 0 aliphatic heterocycles. The number of esters is 1. The van der Waals surface area contributed by atoms with Crippen LogP contribution in [-0.2, 0) is 4.74 Å². The van der Waals surface area contributed by atoms with Gasteiger partial charge in [-0.3, -0.25) is 0 Å². The van der Waals surface area contributed by atoms with Crippen molar-refractivity contribution in [1.82, 2.24) is 15.0 Å². The minimum Gasteiger partial charge on any atom is -0.464 e. The van der Waals surface area contributed by atoms with E-state index in [1.165, 1.54) is 30.5 Å². The molecule has 146 valence electrons. The molecule has 3 aromatic rings. The SMILES string of the molecule is CCN(CC)c1nc(Sc2ccc(C)cc2)nc2c(Cl)cc(C(=O)OC)nc12. The second kappa shape index (κ2) is 8.75. The average Bonchev–Trinajstić information content (AvgIpc) is 2.70. The Bertz CT molecular complexity index is 1010. The first-order valence-corrected chi connectivity index (χ1v) is 10.1. The van der Waals surface area contributed by atoms with Gasteiger partial charge in [0.1, 0.15) is 11.0 Å². The predicted molar refractivity (Wildman–Crippen MR) is 113 cm³/mol. The third kappa shape index (κ3) is 4.20. The molecule has 0 radical (unpaired) electrons. The van der Waals surface area contributed by atoms with Gasteiger partial charge in [-0.15, -0.1) is 0 Å². The van der Waals surface area contributed by atoms with Gasteiger partial charge >= 0.3 is 5.97 Å². The van der Waals surface area contributed by atoms with E-state index >= 15 is 0 Å². The number of pyridine rings is 1. The van der Waals surface area contributed by atoms with E-state index in [4.69, 9.17) is 21.3 Å². The molecule has 0 bridgehead atoms. The number of rotatable bonds is 6. The van der Waals surface area contributed by atoms with Crippen molar-refractivity contribution in [1.29, 1.82) is 0 Å². The monoisotopic (exact) mass is 416 g/mol. The number of carbonyl (C=O) groups is 1. The van der Waals surface area contributed by atoms with Crippen LogP contribution >= 0.6 is 23.4 Å². The van der Waals surface area contributed by atoms with Gasteiger partial charge in [0, 0.05) is 18.0 Å². The first kappa shape index (κ1) is 20.4. The van der Waals surface area contributed by atoms with E-state index in [2.05, 4.69) is 14.9 Å². The van der Waals surface area contributed by atoms with Gasteiger partial charge in [0.15, 0.2) is 16.7 Å². The molecule has 0 N–H and O–H groups in total. The molecular weight excluding hydrogens is 396 g/mol. The zero-order chi connectivity index (χ0) is 20.3. The lowest BCUT2D eigenvalue weighted by molar-refractivity contribution is 0.0594. The Balaban J connectivity index is 2.18. The van der Waals surface area contributed by atoms with Crippen LogP contribution in [0.15, 0.2) is 40.4 Å². The van der Waals surface area contributed by atoms with E-state index in [1.807, 2.05) is 45.0 Å². The lowest BCUT2D eigenvalue weighted by Gasteiger charge is -2.21. The van der Waals surface area contributed by atoms with Crippen molar-refractivity contribution in [3.8, 4) is 0 Å². The van der Waals surface area contributed by atoms with Crippen molar-refractivity contribution in [2.45, 2.75) is 30.8 Å². The normalized spacial score (nSPS) is 10.9. The predicted octanol–water partition coefficient (Wildman–Crippen LogP) is 4.77. The number of nitrogens with zero attached hydrogens (tertiary/aromatic N) is 4. The third-order valence-corrected chi connectivity index (χ3v) is 5.42. The molecule has 0 aliphatic rings.